The quantitative estimate of drug-likeness (QED) is 0.313. The van der Waals surface area contributed by atoms with Crippen molar-refractivity contribution in [2.24, 2.45) is 5.73 Å². The molecule has 7 rings (SSSR count). The lowest BCUT2D eigenvalue weighted by Gasteiger charge is -2.41. The van der Waals surface area contributed by atoms with Gasteiger partial charge < -0.3 is 16.0 Å². The van der Waals surface area contributed by atoms with E-state index in [0.29, 0.717) is 17.9 Å². The first-order chi connectivity index (χ1) is 20.4. The molecule has 4 aromatic rings. The van der Waals surface area contributed by atoms with E-state index in [1.165, 1.54) is 31.5 Å². The van der Waals surface area contributed by atoms with Crippen LogP contribution in [0.4, 0.5) is 5.82 Å². The number of benzene rings is 2. The van der Waals surface area contributed by atoms with E-state index in [1.54, 1.807) is 18.1 Å². The third-order valence-corrected chi connectivity index (χ3v) is 10.3. The number of nitrogens with zero attached hydrogens (tertiary/aromatic N) is 6. The van der Waals surface area contributed by atoms with Gasteiger partial charge in [-0.25, -0.2) is 14.6 Å². The van der Waals surface area contributed by atoms with Gasteiger partial charge in [-0.1, -0.05) is 65.9 Å². The van der Waals surface area contributed by atoms with Crippen molar-refractivity contribution >= 4 is 34.3 Å². The fraction of sp³-hybridized carbons (Fsp3) is 0.406. The van der Waals surface area contributed by atoms with Crippen LogP contribution in [0.5, 0.6) is 0 Å². The lowest BCUT2D eigenvalue weighted by atomic mass is 9.90. The Morgan fingerprint density at radius 2 is 1.55 bits per heavy atom. The molecule has 2 aliphatic heterocycles. The first-order valence-electron chi connectivity index (χ1n) is 14.9. The Morgan fingerprint density at radius 1 is 0.881 bits per heavy atom. The van der Waals surface area contributed by atoms with Gasteiger partial charge in [-0.05, 0) is 50.6 Å². The molecule has 2 aromatic carbocycles. The largest absolute Gasteiger partial charge is 0.383 e. The summed E-state index contributed by atoms with van der Waals surface area (Å²) in [5, 5.41) is 11.6. The van der Waals surface area contributed by atoms with Crippen molar-refractivity contribution in [3.05, 3.63) is 77.0 Å². The van der Waals surface area contributed by atoms with Gasteiger partial charge in [0.2, 0.25) is 0 Å². The third-order valence-electron chi connectivity index (χ3n) is 9.22. The Labute approximate surface area is 251 Å². The van der Waals surface area contributed by atoms with E-state index < -0.39 is 4.99 Å². The molecule has 1 atom stereocenters. The van der Waals surface area contributed by atoms with E-state index >= 15 is 0 Å². The van der Waals surface area contributed by atoms with Crippen LogP contribution >= 0.6 is 11.8 Å². The highest BCUT2D eigenvalue weighted by molar-refractivity contribution is 8.03. The third kappa shape index (κ3) is 5.06. The lowest BCUT2D eigenvalue weighted by molar-refractivity contribution is 0.0815. The number of nitrogen functional groups attached to an aromatic ring is 1. The highest BCUT2D eigenvalue weighted by Gasteiger charge is 2.34. The van der Waals surface area contributed by atoms with Crippen LogP contribution < -0.4 is 16.8 Å². The highest BCUT2D eigenvalue weighted by atomic mass is 32.2. The smallest absolute Gasteiger partial charge is 0.165 e. The van der Waals surface area contributed by atoms with Crippen LogP contribution in [0.25, 0.3) is 28.0 Å². The van der Waals surface area contributed by atoms with Gasteiger partial charge in [-0.2, -0.15) is 5.10 Å². The number of thioether (sulfide) groups is 1. The van der Waals surface area contributed by atoms with Crippen LogP contribution in [0.2, 0.25) is 0 Å². The second-order valence-electron chi connectivity index (χ2n) is 12.0. The normalized spacial score (nSPS) is 25.5. The van der Waals surface area contributed by atoms with Crippen LogP contribution in [-0.4, -0.2) is 68.8 Å². The molecule has 2 fully saturated rings. The molecule has 2 aromatic heterocycles. The molecule has 10 heteroatoms. The summed E-state index contributed by atoms with van der Waals surface area (Å²) in [5.41, 5.74) is 20.3. The average Bonchev–Trinajstić information content (AvgIpc) is 3.61. The van der Waals surface area contributed by atoms with Crippen LogP contribution in [0, 0.1) is 6.92 Å². The second-order valence-corrected chi connectivity index (χ2v) is 13.1. The minimum atomic E-state index is -0.745. The maximum absolute atomic E-state index is 6.85. The summed E-state index contributed by atoms with van der Waals surface area (Å²) in [6, 6.07) is 17.8. The van der Waals surface area contributed by atoms with Crippen LogP contribution in [0.1, 0.15) is 48.4 Å². The minimum absolute atomic E-state index is 0.302. The summed E-state index contributed by atoms with van der Waals surface area (Å²) in [5.74, 6) is 0.465. The molecule has 3 aliphatic rings. The number of hydrogen-bond acceptors (Lipinski definition) is 9. The standard InChI is InChI=1S/C32H39N9S/c1-21-3-5-22(6-4-21)27-19-42-32(34,37-27)24-9-7-23(8-10-24)29-28-30(33)35-20-36-31(28)41(38-29)26-13-11-25(12-14-26)40-17-15-39(2)16-18-40/h3-10,19-20,25-26,37H,11-18,34H2,1-2H3,(H2,33,35,36). The minimum Gasteiger partial charge on any atom is -0.383 e. The zero-order chi connectivity index (χ0) is 28.8. The fourth-order valence-corrected chi connectivity index (χ4v) is 7.55. The molecule has 5 N–H and O–H groups in total. The van der Waals surface area contributed by atoms with Crippen molar-refractivity contribution in [3.8, 4) is 11.3 Å². The number of aromatic nitrogens is 4. The monoisotopic (exact) mass is 581 g/mol. The van der Waals surface area contributed by atoms with Crippen molar-refractivity contribution in [1.82, 2.24) is 34.9 Å². The Kier molecular flexibility index (Phi) is 7.17. The Balaban J connectivity index is 1.11. The fourth-order valence-electron chi connectivity index (χ4n) is 6.61. The molecule has 4 heterocycles. The summed E-state index contributed by atoms with van der Waals surface area (Å²) >= 11 is 1.58. The molecule has 1 saturated heterocycles. The van der Waals surface area contributed by atoms with E-state index in [1.807, 2.05) is 0 Å². The number of nitrogens with one attached hydrogen (secondary N) is 1. The van der Waals surface area contributed by atoms with Gasteiger partial charge in [-0.3, -0.25) is 10.6 Å². The van der Waals surface area contributed by atoms with Crippen molar-refractivity contribution in [2.75, 3.05) is 39.0 Å². The van der Waals surface area contributed by atoms with Crippen molar-refractivity contribution in [2.45, 2.75) is 49.7 Å². The molecule has 42 heavy (non-hydrogen) atoms. The van der Waals surface area contributed by atoms with Gasteiger partial charge >= 0.3 is 0 Å². The number of rotatable bonds is 5. The predicted octanol–water partition coefficient (Wildman–Crippen LogP) is 4.52. The SMILES string of the molecule is Cc1ccc(C2=CSC(N)(c3ccc(-c4nn(C5CCC(N6CCN(C)CC6)CC5)c5ncnc(N)c45)cc3)N2)cc1. The van der Waals surface area contributed by atoms with Crippen molar-refractivity contribution < 1.29 is 0 Å². The summed E-state index contributed by atoms with van der Waals surface area (Å²) in [6.07, 6.45) is 6.10. The van der Waals surface area contributed by atoms with Crippen molar-refractivity contribution in [1.29, 1.82) is 0 Å². The molecular formula is C32H39N9S. The summed E-state index contributed by atoms with van der Waals surface area (Å²) in [7, 11) is 2.22. The highest BCUT2D eigenvalue weighted by Crippen LogP contribution is 2.41. The Bertz CT molecular complexity index is 1600. The van der Waals surface area contributed by atoms with Gasteiger partial charge in [0.05, 0.1) is 17.1 Å². The first kappa shape index (κ1) is 27.4. The predicted molar refractivity (Wildman–Crippen MR) is 171 cm³/mol. The molecule has 1 saturated carbocycles. The van der Waals surface area contributed by atoms with Gasteiger partial charge in [-0.15, -0.1) is 0 Å². The molecular weight excluding hydrogens is 542 g/mol. The summed E-state index contributed by atoms with van der Waals surface area (Å²) < 4.78 is 2.12. The molecule has 0 radical (unpaired) electrons. The molecule has 0 amide bonds. The van der Waals surface area contributed by atoms with Gasteiger partial charge in [0, 0.05) is 43.3 Å². The number of likely N-dealkylation sites (N-methyl/N-ethyl adjacent to an activating group) is 1. The topological polar surface area (TPSA) is 114 Å². The van der Waals surface area contributed by atoms with Gasteiger partial charge in [0.1, 0.15) is 17.8 Å². The summed E-state index contributed by atoms with van der Waals surface area (Å²) in [4.78, 5) is 13.4. The maximum Gasteiger partial charge on any atom is 0.165 e. The molecule has 9 nitrogen and oxygen atoms in total. The molecule has 1 aliphatic carbocycles. The average molecular weight is 582 g/mol. The van der Waals surface area contributed by atoms with E-state index in [2.05, 4.69) is 97.7 Å². The van der Waals surface area contributed by atoms with Crippen LogP contribution in [-0.2, 0) is 4.99 Å². The molecule has 1 unspecified atom stereocenters. The first-order valence-corrected chi connectivity index (χ1v) is 15.8. The number of hydrogen-bond donors (Lipinski definition) is 3. The second kappa shape index (κ2) is 11.0. The number of aryl methyl sites for hydroxylation is 1. The zero-order valence-corrected chi connectivity index (χ0v) is 25.1. The molecule has 0 bridgehead atoms. The van der Waals surface area contributed by atoms with E-state index in [0.717, 1.165) is 65.0 Å². The summed E-state index contributed by atoms with van der Waals surface area (Å²) in [6.45, 7) is 6.75. The zero-order valence-electron chi connectivity index (χ0n) is 24.3. The van der Waals surface area contributed by atoms with E-state index in [4.69, 9.17) is 16.6 Å². The lowest BCUT2D eigenvalue weighted by Crippen LogP contribution is -2.49. The number of fused-ring (bicyclic) bond motifs is 1. The number of piperazine rings is 1. The van der Waals surface area contributed by atoms with Gasteiger partial charge in [0.15, 0.2) is 10.6 Å². The Morgan fingerprint density at radius 3 is 2.26 bits per heavy atom. The van der Waals surface area contributed by atoms with E-state index in [-0.39, 0.29) is 0 Å². The molecule has 218 valence electrons. The van der Waals surface area contributed by atoms with E-state index in [9.17, 15) is 0 Å². The Hall–Kier alpha value is -3.44. The maximum atomic E-state index is 6.85. The molecule has 0 spiro atoms. The van der Waals surface area contributed by atoms with Gasteiger partial charge in [0.25, 0.3) is 0 Å². The van der Waals surface area contributed by atoms with Crippen LogP contribution in [0.15, 0.2) is 60.3 Å². The number of anilines is 1. The van der Waals surface area contributed by atoms with Crippen LogP contribution in [0.3, 0.4) is 0 Å². The number of nitrogens with two attached hydrogens (primary N) is 2. The van der Waals surface area contributed by atoms with Crippen molar-refractivity contribution in [3.63, 3.8) is 0 Å².